The molecular formula is C22H29F6N3O6. The minimum absolute atomic E-state index is 0.146. The second-order valence-electron chi connectivity index (χ2n) is 10.4. The van der Waals surface area contributed by atoms with E-state index < -0.39 is 90.5 Å². The molecule has 2 bridgehead atoms. The predicted octanol–water partition coefficient (Wildman–Crippen LogP) is 1.73. The van der Waals surface area contributed by atoms with Crippen LogP contribution in [0.5, 0.6) is 0 Å². The highest BCUT2D eigenvalue weighted by molar-refractivity contribution is 5.92. The molecule has 3 amide bonds. The monoisotopic (exact) mass is 545 g/mol. The zero-order chi connectivity index (χ0) is 28.0. The first-order valence-corrected chi connectivity index (χ1v) is 11.8. The summed E-state index contributed by atoms with van der Waals surface area (Å²) in [6.07, 6.45) is -13.6. The quantitative estimate of drug-likeness (QED) is 0.339. The standard InChI is InChI=1S/C22H29F6N3O6/c1-10(2)5-12(15-19(21(23,24)25)8-20(9-19,37-15)18(29)35)17(34)31-13(6-11-3-4-30-16(11)33)14(32)7-36-22(26,27)28/h10-13,15H,3-9H2,1-2H3,(H2,29,35)(H,30,33)(H,31,34)/t11-,12-,13-,15?,19?,20?/m0/s1. The van der Waals surface area contributed by atoms with Crippen molar-refractivity contribution < 1.29 is 55.0 Å². The molecule has 4 atom stereocenters. The summed E-state index contributed by atoms with van der Waals surface area (Å²) < 4.78 is 89.1. The van der Waals surface area contributed by atoms with Crippen LogP contribution in [-0.4, -0.2) is 66.9 Å². The number of rotatable bonds is 11. The molecule has 3 heterocycles. The van der Waals surface area contributed by atoms with Crippen molar-refractivity contribution in [3.8, 4) is 0 Å². The number of carbonyl (C=O) groups is 4. The van der Waals surface area contributed by atoms with Crippen LogP contribution in [0.1, 0.15) is 46.0 Å². The number of alkyl halides is 6. The number of ketones is 1. The summed E-state index contributed by atoms with van der Waals surface area (Å²) in [7, 11) is 0. The molecule has 0 aromatic heterocycles. The summed E-state index contributed by atoms with van der Waals surface area (Å²) in [4.78, 5) is 49.8. The number of ether oxygens (including phenoxy) is 2. The molecule has 4 N–H and O–H groups in total. The Morgan fingerprint density at radius 3 is 2.27 bits per heavy atom. The van der Waals surface area contributed by atoms with Crippen molar-refractivity contribution in [1.29, 1.82) is 0 Å². The number of amides is 3. The van der Waals surface area contributed by atoms with Crippen molar-refractivity contribution in [2.24, 2.45) is 28.9 Å². The number of nitrogens with two attached hydrogens (primary N) is 1. The third-order valence-electron chi connectivity index (χ3n) is 7.31. The molecule has 0 radical (unpaired) electrons. The summed E-state index contributed by atoms with van der Waals surface area (Å²) in [5, 5.41) is 4.75. The van der Waals surface area contributed by atoms with E-state index in [1.54, 1.807) is 13.8 Å². The number of carbonyl (C=O) groups excluding carboxylic acids is 4. The molecule has 4 fully saturated rings. The lowest BCUT2D eigenvalue weighted by molar-refractivity contribution is -0.321. The maximum atomic E-state index is 14.2. The summed E-state index contributed by atoms with van der Waals surface area (Å²) in [5.74, 6) is -6.50. The molecule has 210 valence electrons. The SMILES string of the molecule is CC(C)C[C@H](C(=O)N[C@@H](C[C@@H]1CCNC1=O)C(=O)COC(F)(F)F)C1OC2(C(N)=O)CC1(C(F)(F)F)C2. The van der Waals surface area contributed by atoms with Crippen LogP contribution in [0.25, 0.3) is 0 Å². The van der Waals surface area contributed by atoms with E-state index in [0.29, 0.717) is 0 Å². The van der Waals surface area contributed by atoms with E-state index >= 15 is 0 Å². The third-order valence-corrected chi connectivity index (χ3v) is 7.31. The van der Waals surface area contributed by atoms with Gasteiger partial charge in [0.05, 0.1) is 23.5 Å². The number of halogens is 6. The Hall–Kier alpha value is -2.42. The highest BCUT2D eigenvalue weighted by Gasteiger charge is 2.81. The van der Waals surface area contributed by atoms with Gasteiger partial charge in [-0.15, -0.1) is 13.2 Å². The predicted molar refractivity (Wildman–Crippen MR) is 112 cm³/mol. The van der Waals surface area contributed by atoms with Gasteiger partial charge >= 0.3 is 12.5 Å². The maximum Gasteiger partial charge on any atom is 0.522 e. The van der Waals surface area contributed by atoms with Gasteiger partial charge in [0.1, 0.15) is 12.2 Å². The van der Waals surface area contributed by atoms with Crippen molar-refractivity contribution in [2.75, 3.05) is 13.2 Å². The lowest BCUT2D eigenvalue weighted by Crippen LogP contribution is -2.60. The van der Waals surface area contributed by atoms with Gasteiger partial charge in [-0.3, -0.25) is 23.9 Å². The Kier molecular flexibility index (Phi) is 7.91. The van der Waals surface area contributed by atoms with Gasteiger partial charge in [-0.2, -0.15) is 13.2 Å². The molecule has 3 aliphatic heterocycles. The van der Waals surface area contributed by atoms with Crippen LogP contribution in [0.2, 0.25) is 0 Å². The van der Waals surface area contributed by atoms with E-state index in [-0.39, 0.29) is 31.7 Å². The van der Waals surface area contributed by atoms with Crippen LogP contribution < -0.4 is 16.4 Å². The second-order valence-corrected chi connectivity index (χ2v) is 10.4. The molecule has 0 spiro atoms. The molecule has 0 aromatic carbocycles. The normalized spacial score (nSPS) is 31.0. The first-order chi connectivity index (χ1) is 16.9. The summed E-state index contributed by atoms with van der Waals surface area (Å²) in [5.41, 5.74) is 0.879. The fourth-order valence-corrected chi connectivity index (χ4v) is 5.50. The molecule has 4 aliphatic rings. The van der Waals surface area contributed by atoms with E-state index in [4.69, 9.17) is 10.5 Å². The Morgan fingerprint density at radius 1 is 1.19 bits per heavy atom. The van der Waals surface area contributed by atoms with Crippen molar-refractivity contribution >= 4 is 23.5 Å². The van der Waals surface area contributed by atoms with E-state index in [1.165, 1.54) is 0 Å². The fraction of sp³-hybridized carbons (Fsp3) is 0.818. The molecule has 1 saturated carbocycles. The second kappa shape index (κ2) is 10.0. The minimum Gasteiger partial charge on any atom is -0.367 e. The average Bonchev–Trinajstić information content (AvgIpc) is 3.39. The van der Waals surface area contributed by atoms with Crippen molar-refractivity contribution in [3.05, 3.63) is 0 Å². The first-order valence-electron chi connectivity index (χ1n) is 11.8. The Morgan fingerprint density at radius 2 is 1.81 bits per heavy atom. The smallest absolute Gasteiger partial charge is 0.367 e. The number of hydrogen-bond donors (Lipinski definition) is 3. The van der Waals surface area contributed by atoms with Gasteiger partial charge in [0, 0.05) is 25.3 Å². The van der Waals surface area contributed by atoms with Crippen LogP contribution in [0, 0.1) is 23.2 Å². The molecular weight excluding hydrogens is 516 g/mol. The molecule has 3 saturated heterocycles. The van der Waals surface area contributed by atoms with Crippen LogP contribution in [0.15, 0.2) is 0 Å². The molecule has 37 heavy (non-hydrogen) atoms. The minimum atomic E-state index is -5.14. The average molecular weight is 545 g/mol. The highest BCUT2D eigenvalue weighted by atomic mass is 19.4. The van der Waals surface area contributed by atoms with E-state index in [2.05, 4.69) is 15.4 Å². The molecule has 0 aromatic rings. The number of Topliss-reactive ketones (excluding diaryl/α,β-unsaturated/α-hetero) is 1. The fourth-order valence-electron chi connectivity index (χ4n) is 5.50. The van der Waals surface area contributed by atoms with Gasteiger partial charge in [0.25, 0.3) is 0 Å². The topological polar surface area (TPSA) is 137 Å². The van der Waals surface area contributed by atoms with Gasteiger partial charge in [-0.25, -0.2) is 0 Å². The van der Waals surface area contributed by atoms with Crippen LogP contribution in [0.4, 0.5) is 26.3 Å². The molecule has 1 aliphatic carbocycles. The Labute approximate surface area is 208 Å². The van der Waals surface area contributed by atoms with Crippen molar-refractivity contribution in [2.45, 2.75) is 76.2 Å². The first kappa shape index (κ1) is 29.1. The zero-order valence-corrected chi connectivity index (χ0v) is 20.1. The lowest BCUT2D eigenvalue weighted by atomic mass is 9.57. The Bertz CT molecular complexity index is 931. The molecule has 15 heteroatoms. The Balaban J connectivity index is 1.87. The number of fused-ring (bicyclic) bond motifs is 1. The van der Waals surface area contributed by atoms with Gasteiger partial charge in [-0.1, -0.05) is 13.8 Å². The van der Waals surface area contributed by atoms with E-state index in [1.807, 2.05) is 0 Å². The number of hydrogen-bond acceptors (Lipinski definition) is 6. The molecule has 9 nitrogen and oxygen atoms in total. The van der Waals surface area contributed by atoms with Crippen LogP contribution >= 0.6 is 0 Å². The van der Waals surface area contributed by atoms with Gasteiger partial charge in [0.2, 0.25) is 17.7 Å². The van der Waals surface area contributed by atoms with E-state index in [9.17, 15) is 45.5 Å². The van der Waals surface area contributed by atoms with E-state index in [0.717, 1.165) is 0 Å². The largest absolute Gasteiger partial charge is 0.522 e. The van der Waals surface area contributed by atoms with Gasteiger partial charge < -0.3 is 21.1 Å². The van der Waals surface area contributed by atoms with Gasteiger partial charge in [-0.05, 0) is 25.2 Å². The zero-order valence-electron chi connectivity index (χ0n) is 20.1. The number of primary amides is 1. The molecule has 1 unspecified atom stereocenters. The summed E-state index contributed by atoms with van der Waals surface area (Å²) in [6, 6.07) is -1.64. The highest BCUT2D eigenvalue weighted by Crippen LogP contribution is 2.69. The van der Waals surface area contributed by atoms with Crippen molar-refractivity contribution in [3.63, 3.8) is 0 Å². The van der Waals surface area contributed by atoms with Crippen LogP contribution in [0.3, 0.4) is 0 Å². The van der Waals surface area contributed by atoms with Crippen molar-refractivity contribution in [1.82, 2.24) is 10.6 Å². The van der Waals surface area contributed by atoms with Gasteiger partial charge in [0.15, 0.2) is 5.78 Å². The maximum absolute atomic E-state index is 14.2. The summed E-state index contributed by atoms with van der Waals surface area (Å²) >= 11 is 0. The van der Waals surface area contributed by atoms with Crippen LogP contribution in [-0.2, 0) is 28.7 Å². The number of nitrogens with one attached hydrogen (secondary N) is 2. The third kappa shape index (κ3) is 5.86. The summed E-state index contributed by atoms with van der Waals surface area (Å²) in [6.45, 7) is 2.06. The lowest BCUT2D eigenvalue weighted by Gasteiger charge is -2.45. The molecule has 4 rings (SSSR count).